The molecule has 1 aromatic rings. The minimum atomic E-state index is 0.152. The van der Waals surface area contributed by atoms with E-state index in [2.05, 4.69) is 15.9 Å². The summed E-state index contributed by atoms with van der Waals surface area (Å²) in [5.41, 5.74) is 0. The van der Waals surface area contributed by atoms with E-state index < -0.39 is 0 Å². The highest BCUT2D eigenvalue weighted by atomic mass is 79.9. The largest absolute Gasteiger partial charge is 0.130 e. The average molecular weight is 328 g/mol. The molecule has 1 heterocycles. The van der Waals surface area contributed by atoms with Gasteiger partial charge in [0.2, 0.25) is 0 Å². The summed E-state index contributed by atoms with van der Waals surface area (Å²) in [5.74, 6) is 0.641. The van der Waals surface area contributed by atoms with Crippen LogP contribution in [0.1, 0.15) is 42.4 Å². The van der Waals surface area contributed by atoms with Gasteiger partial charge in [-0.15, -0.1) is 22.9 Å². The summed E-state index contributed by atoms with van der Waals surface area (Å²) < 4.78 is 1.00. The zero-order valence-electron chi connectivity index (χ0n) is 8.31. The number of hydrogen-bond donors (Lipinski definition) is 0. The number of hydrogen-bond acceptors (Lipinski definition) is 1. The molecule has 0 saturated heterocycles. The smallest absolute Gasteiger partial charge is 0.0887 e. The van der Waals surface area contributed by atoms with E-state index in [-0.39, 0.29) is 5.38 Å². The molecule has 0 spiro atoms. The minimum Gasteiger partial charge on any atom is -0.130 e. The fourth-order valence-corrected chi connectivity index (χ4v) is 4.43. The lowest BCUT2D eigenvalue weighted by Gasteiger charge is -2.25. The Hall–Kier alpha value is 0.760. The quantitative estimate of drug-likeness (QED) is 0.582. The van der Waals surface area contributed by atoms with E-state index in [1.54, 1.807) is 11.3 Å². The Balaban J connectivity index is 2.08. The van der Waals surface area contributed by atoms with Crippen LogP contribution >= 0.6 is 50.5 Å². The van der Waals surface area contributed by atoms with Crippen LogP contribution in [0.25, 0.3) is 0 Å². The second-order valence-electron chi connectivity index (χ2n) is 4.07. The van der Waals surface area contributed by atoms with Crippen LogP contribution in [-0.2, 0) is 0 Å². The second-order valence-corrected chi connectivity index (χ2v) is 7.35. The van der Waals surface area contributed by atoms with Gasteiger partial charge >= 0.3 is 0 Å². The number of rotatable bonds is 2. The van der Waals surface area contributed by atoms with Crippen LogP contribution in [0.2, 0.25) is 5.02 Å². The Bertz CT molecular complexity index is 312. The van der Waals surface area contributed by atoms with Gasteiger partial charge in [-0.1, -0.05) is 30.9 Å². The third-order valence-corrected chi connectivity index (χ3v) is 6.28. The Morgan fingerprint density at radius 1 is 1.33 bits per heavy atom. The van der Waals surface area contributed by atoms with Gasteiger partial charge in [0.05, 0.1) is 14.2 Å². The fraction of sp³-hybridized carbons (Fsp3) is 0.636. The van der Waals surface area contributed by atoms with Crippen LogP contribution in [0.3, 0.4) is 0 Å². The SMILES string of the molecule is Clc1cc(C(Cl)C2CCCCC2)sc1Br. The predicted octanol–water partition coefficient (Wildman–Crippen LogP) is 6.02. The van der Waals surface area contributed by atoms with Crippen LogP contribution in [-0.4, -0.2) is 0 Å². The van der Waals surface area contributed by atoms with Crippen molar-refractivity contribution in [3.63, 3.8) is 0 Å². The molecule has 0 aliphatic heterocycles. The molecule has 0 amide bonds. The summed E-state index contributed by atoms with van der Waals surface area (Å²) in [6.45, 7) is 0. The summed E-state index contributed by atoms with van der Waals surface area (Å²) >= 11 is 17.6. The molecule has 0 bridgehead atoms. The van der Waals surface area contributed by atoms with Gasteiger partial charge in [-0.25, -0.2) is 0 Å². The molecule has 1 aliphatic carbocycles. The first-order chi connectivity index (χ1) is 7.18. The first kappa shape index (κ1) is 12.2. The van der Waals surface area contributed by atoms with Gasteiger partial charge in [-0.3, -0.25) is 0 Å². The van der Waals surface area contributed by atoms with Crippen molar-refractivity contribution in [1.82, 2.24) is 0 Å². The molecular weight excluding hydrogens is 315 g/mol. The van der Waals surface area contributed by atoms with Gasteiger partial charge in [0, 0.05) is 4.88 Å². The van der Waals surface area contributed by atoms with Gasteiger partial charge < -0.3 is 0 Å². The summed E-state index contributed by atoms with van der Waals surface area (Å²) in [5, 5.41) is 0.940. The van der Waals surface area contributed by atoms with Gasteiger partial charge in [0.25, 0.3) is 0 Å². The molecule has 0 aromatic carbocycles. The summed E-state index contributed by atoms with van der Waals surface area (Å²) in [7, 11) is 0. The zero-order chi connectivity index (χ0) is 10.8. The highest BCUT2D eigenvalue weighted by Gasteiger charge is 2.25. The zero-order valence-corrected chi connectivity index (χ0v) is 12.2. The molecule has 1 aromatic heterocycles. The molecule has 84 valence electrons. The van der Waals surface area contributed by atoms with Gasteiger partial charge in [0.1, 0.15) is 0 Å². The van der Waals surface area contributed by atoms with Crippen molar-refractivity contribution in [3.8, 4) is 0 Å². The summed E-state index contributed by atoms with van der Waals surface area (Å²) in [6.07, 6.45) is 6.56. The van der Waals surface area contributed by atoms with Gasteiger partial charge in [0.15, 0.2) is 0 Å². The first-order valence-corrected chi connectivity index (χ1v) is 7.69. The van der Waals surface area contributed by atoms with Crippen molar-refractivity contribution in [2.24, 2.45) is 5.92 Å². The van der Waals surface area contributed by atoms with Crippen LogP contribution in [0, 0.1) is 5.92 Å². The van der Waals surface area contributed by atoms with Crippen molar-refractivity contribution < 1.29 is 0 Å². The summed E-state index contributed by atoms with van der Waals surface area (Å²) in [6, 6.07) is 2.00. The van der Waals surface area contributed by atoms with E-state index in [0.717, 1.165) is 8.81 Å². The number of thiophene rings is 1. The first-order valence-electron chi connectivity index (χ1n) is 5.27. The lowest BCUT2D eigenvalue weighted by Crippen LogP contribution is -2.11. The molecule has 2 rings (SSSR count). The van der Waals surface area contributed by atoms with E-state index in [9.17, 15) is 0 Å². The third-order valence-electron chi connectivity index (χ3n) is 3.00. The molecule has 1 aliphatic rings. The predicted molar refractivity (Wildman–Crippen MR) is 72.2 cm³/mol. The van der Waals surface area contributed by atoms with Crippen molar-refractivity contribution >= 4 is 50.5 Å². The maximum absolute atomic E-state index is 6.50. The number of halogens is 3. The molecule has 15 heavy (non-hydrogen) atoms. The molecule has 1 saturated carbocycles. The van der Waals surface area contributed by atoms with E-state index in [0.29, 0.717) is 5.92 Å². The molecular formula is C11H13BrCl2S. The monoisotopic (exact) mass is 326 g/mol. The van der Waals surface area contributed by atoms with E-state index in [1.165, 1.54) is 37.0 Å². The molecule has 1 unspecified atom stereocenters. The van der Waals surface area contributed by atoms with Crippen LogP contribution < -0.4 is 0 Å². The fourth-order valence-electron chi connectivity index (χ4n) is 2.16. The molecule has 1 fully saturated rings. The Morgan fingerprint density at radius 3 is 2.53 bits per heavy atom. The Morgan fingerprint density at radius 2 is 2.00 bits per heavy atom. The second kappa shape index (κ2) is 5.39. The maximum atomic E-state index is 6.50. The van der Waals surface area contributed by atoms with E-state index in [1.807, 2.05) is 6.07 Å². The molecule has 1 atom stereocenters. The average Bonchev–Trinajstić information content (AvgIpc) is 2.59. The Kier molecular flexibility index (Phi) is 4.40. The topological polar surface area (TPSA) is 0 Å². The van der Waals surface area contributed by atoms with Crippen molar-refractivity contribution in [3.05, 3.63) is 19.8 Å². The molecule has 0 N–H and O–H groups in total. The minimum absolute atomic E-state index is 0.152. The van der Waals surface area contributed by atoms with E-state index >= 15 is 0 Å². The van der Waals surface area contributed by atoms with Gasteiger partial charge in [-0.2, -0.15) is 0 Å². The lowest BCUT2D eigenvalue weighted by atomic mass is 9.86. The van der Waals surface area contributed by atoms with Crippen LogP contribution in [0.15, 0.2) is 9.85 Å². The standard InChI is InChI=1S/C11H13BrCl2S/c12-11-8(13)6-9(15-11)10(14)7-4-2-1-3-5-7/h6-7,10H,1-5H2. The van der Waals surface area contributed by atoms with Crippen molar-refractivity contribution in [2.45, 2.75) is 37.5 Å². The highest BCUT2D eigenvalue weighted by Crippen LogP contribution is 2.44. The summed E-state index contributed by atoms with van der Waals surface area (Å²) in [4.78, 5) is 1.21. The normalized spacial score (nSPS) is 20.5. The van der Waals surface area contributed by atoms with Crippen LogP contribution in [0.4, 0.5) is 0 Å². The molecule has 4 heteroatoms. The third kappa shape index (κ3) is 2.91. The van der Waals surface area contributed by atoms with Crippen molar-refractivity contribution in [2.75, 3.05) is 0 Å². The lowest BCUT2D eigenvalue weighted by molar-refractivity contribution is 0.350. The molecule has 0 radical (unpaired) electrons. The van der Waals surface area contributed by atoms with E-state index in [4.69, 9.17) is 23.2 Å². The van der Waals surface area contributed by atoms with Gasteiger partial charge in [-0.05, 0) is 40.8 Å². The Labute approximate surface area is 113 Å². The van der Waals surface area contributed by atoms with Crippen molar-refractivity contribution in [1.29, 1.82) is 0 Å². The maximum Gasteiger partial charge on any atom is 0.0887 e. The molecule has 0 nitrogen and oxygen atoms in total. The highest BCUT2D eigenvalue weighted by molar-refractivity contribution is 9.11. The van der Waals surface area contributed by atoms with Crippen LogP contribution in [0.5, 0.6) is 0 Å². The number of alkyl halides is 1.